The summed E-state index contributed by atoms with van der Waals surface area (Å²) in [4.78, 5) is 16.0. The minimum atomic E-state index is -0.265. The number of aromatic amines is 1. The molecule has 1 unspecified atom stereocenters. The third-order valence-corrected chi connectivity index (χ3v) is 2.68. The molecule has 0 saturated heterocycles. The lowest BCUT2D eigenvalue weighted by Crippen LogP contribution is -2.27. The molecule has 100 valence electrons. The Hall–Kier alpha value is -2.57. The third kappa shape index (κ3) is 2.82. The van der Waals surface area contributed by atoms with Crippen LogP contribution in [0.1, 0.15) is 29.1 Å². The van der Waals surface area contributed by atoms with E-state index in [4.69, 9.17) is 10.5 Å². The van der Waals surface area contributed by atoms with Crippen LogP contribution in [-0.4, -0.2) is 28.2 Å². The molecule has 0 bridgehead atoms. The van der Waals surface area contributed by atoms with Gasteiger partial charge >= 0.3 is 0 Å². The summed E-state index contributed by atoms with van der Waals surface area (Å²) in [5.74, 6) is 0.896. The van der Waals surface area contributed by atoms with E-state index in [1.807, 2.05) is 6.92 Å². The summed E-state index contributed by atoms with van der Waals surface area (Å²) in [6.07, 6.45) is 1.39. The number of benzene rings is 1. The summed E-state index contributed by atoms with van der Waals surface area (Å²) in [5.41, 5.74) is 6.64. The Morgan fingerprint density at radius 2 is 2.32 bits per heavy atom. The zero-order valence-electron chi connectivity index (χ0n) is 10.7. The molecule has 1 heterocycles. The van der Waals surface area contributed by atoms with Crippen LogP contribution in [0.2, 0.25) is 0 Å². The largest absolute Gasteiger partial charge is 0.495 e. The molecule has 19 heavy (non-hydrogen) atoms. The molecule has 0 radical (unpaired) electrons. The van der Waals surface area contributed by atoms with E-state index in [0.717, 1.165) is 0 Å². The summed E-state index contributed by atoms with van der Waals surface area (Å²) < 4.78 is 5.04. The molecule has 1 aromatic carbocycles. The molecule has 0 aliphatic carbocycles. The lowest BCUT2D eigenvalue weighted by Gasteiger charge is -2.12. The molecular weight excluding hydrogens is 246 g/mol. The van der Waals surface area contributed by atoms with Crippen LogP contribution in [0.3, 0.4) is 0 Å². The number of hydrogen-bond donors (Lipinski definition) is 3. The van der Waals surface area contributed by atoms with Crippen molar-refractivity contribution in [3.8, 4) is 5.75 Å². The summed E-state index contributed by atoms with van der Waals surface area (Å²) >= 11 is 0. The van der Waals surface area contributed by atoms with Gasteiger partial charge in [0, 0.05) is 5.56 Å². The van der Waals surface area contributed by atoms with Crippen molar-refractivity contribution in [3.05, 3.63) is 35.9 Å². The second-order valence-corrected chi connectivity index (χ2v) is 4.02. The number of aromatic nitrogens is 3. The number of anilines is 1. The molecule has 1 atom stereocenters. The highest BCUT2D eigenvalue weighted by Gasteiger charge is 2.14. The number of amides is 1. The van der Waals surface area contributed by atoms with Gasteiger partial charge in [0.2, 0.25) is 0 Å². The molecule has 2 rings (SSSR count). The van der Waals surface area contributed by atoms with Crippen LogP contribution in [0.25, 0.3) is 0 Å². The second-order valence-electron chi connectivity index (χ2n) is 4.02. The van der Waals surface area contributed by atoms with E-state index < -0.39 is 0 Å². The van der Waals surface area contributed by atoms with Crippen LogP contribution in [0.15, 0.2) is 24.5 Å². The van der Waals surface area contributed by atoms with Gasteiger partial charge in [-0.15, -0.1) is 0 Å². The number of methoxy groups -OCH3 is 1. The predicted octanol–water partition coefficient (Wildman–Crippen LogP) is 0.886. The molecule has 1 aromatic heterocycles. The minimum absolute atomic E-state index is 0.238. The normalized spacial score (nSPS) is 11.9. The van der Waals surface area contributed by atoms with Gasteiger partial charge in [-0.1, -0.05) is 0 Å². The first-order valence-electron chi connectivity index (χ1n) is 5.71. The minimum Gasteiger partial charge on any atom is -0.495 e. The first-order chi connectivity index (χ1) is 9.11. The lowest BCUT2D eigenvalue weighted by atomic mass is 10.1. The number of nitrogens with zero attached hydrogens (tertiary/aromatic N) is 2. The molecule has 7 heteroatoms. The van der Waals surface area contributed by atoms with Crippen molar-refractivity contribution in [2.75, 3.05) is 12.8 Å². The zero-order chi connectivity index (χ0) is 13.8. The Morgan fingerprint density at radius 1 is 1.53 bits per heavy atom. The topological polar surface area (TPSA) is 106 Å². The highest BCUT2D eigenvalue weighted by Crippen LogP contribution is 2.22. The van der Waals surface area contributed by atoms with E-state index >= 15 is 0 Å². The average molecular weight is 261 g/mol. The number of carbonyl (C=O) groups excluding carboxylic acids is 1. The van der Waals surface area contributed by atoms with Gasteiger partial charge in [-0.05, 0) is 25.1 Å². The summed E-state index contributed by atoms with van der Waals surface area (Å²) in [6.45, 7) is 1.81. The first kappa shape index (κ1) is 12.9. The maximum Gasteiger partial charge on any atom is 0.251 e. The van der Waals surface area contributed by atoms with Crippen LogP contribution in [0.4, 0.5) is 5.69 Å². The van der Waals surface area contributed by atoms with Crippen molar-refractivity contribution in [2.24, 2.45) is 0 Å². The van der Waals surface area contributed by atoms with Crippen molar-refractivity contribution in [2.45, 2.75) is 13.0 Å². The summed E-state index contributed by atoms with van der Waals surface area (Å²) in [5, 5.41) is 9.23. The molecule has 4 N–H and O–H groups in total. The number of hydrogen-bond acceptors (Lipinski definition) is 5. The fourth-order valence-corrected chi connectivity index (χ4v) is 1.65. The van der Waals surface area contributed by atoms with Crippen LogP contribution in [0.5, 0.6) is 5.75 Å². The van der Waals surface area contributed by atoms with E-state index in [1.165, 1.54) is 13.4 Å². The van der Waals surface area contributed by atoms with Crippen LogP contribution in [-0.2, 0) is 0 Å². The maximum atomic E-state index is 12.0. The Labute approximate surface area is 110 Å². The molecule has 0 spiro atoms. The van der Waals surface area contributed by atoms with Crippen molar-refractivity contribution < 1.29 is 9.53 Å². The van der Waals surface area contributed by atoms with Gasteiger partial charge in [0.25, 0.3) is 5.91 Å². The van der Waals surface area contributed by atoms with Gasteiger partial charge in [-0.25, -0.2) is 4.98 Å². The third-order valence-electron chi connectivity index (χ3n) is 2.68. The van der Waals surface area contributed by atoms with Crippen LogP contribution < -0.4 is 15.8 Å². The molecule has 0 saturated carbocycles. The molecule has 7 nitrogen and oxygen atoms in total. The lowest BCUT2D eigenvalue weighted by molar-refractivity contribution is 0.0938. The number of rotatable bonds is 4. The Balaban J connectivity index is 2.10. The van der Waals surface area contributed by atoms with E-state index in [9.17, 15) is 4.79 Å². The Kier molecular flexibility index (Phi) is 3.65. The van der Waals surface area contributed by atoms with E-state index in [0.29, 0.717) is 22.8 Å². The number of H-pyrrole nitrogens is 1. The van der Waals surface area contributed by atoms with Crippen LogP contribution >= 0.6 is 0 Å². The maximum absolute atomic E-state index is 12.0. The van der Waals surface area contributed by atoms with Gasteiger partial charge in [0.15, 0.2) is 0 Å². The fraction of sp³-hybridized carbons (Fsp3) is 0.250. The van der Waals surface area contributed by atoms with Gasteiger partial charge < -0.3 is 15.8 Å². The Morgan fingerprint density at radius 3 is 2.89 bits per heavy atom. The van der Waals surface area contributed by atoms with Gasteiger partial charge in [-0.2, -0.15) is 5.10 Å². The van der Waals surface area contributed by atoms with Gasteiger partial charge in [-0.3, -0.25) is 9.89 Å². The molecule has 2 aromatic rings. The molecule has 0 aliphatic rings. The standard InChI is InChI=1S/C12H15N5O2/c1-7(11-14-6-15-17-11)16-12(18)8-3-4-10(19-2)9(13)5-8/h3-7H,13H2,1-2H3,(H,16,18)(H,14,15,17). The van der Waals surface area contributed by atoms with E-state index in [-0.39, 0.29) is 11.9 Å². The van der Waals surface area contributed by atoms with Crippen molar-refractivity contribution in [3.63, 3.8) is 0 Å². The highest BCUT2D eigenvalue weighted by molar-refractivity contribution is 5.95. The zero-order valence-corrected chi connectivity index (χ0v) is 10.7. The number of nitrogens with two attached hydrogens (primary N) is 1. The number of carbonyl (C=O) groups is 1. The molecule has 0 aliphatic heterocycles. The van der Waals surface area contributed by atoms with Crippen LogP contribution in [0, 0.1) is 0 Å². The summed E-state index contributed by atoms with van der Waals surface area (Å²) in [7, 11) is 1.53. The SMILES string of the molecule is COc1ccc(C(=O)NC(C)c2ncn[nH]2)cc1N. The second kappa shape index (κ2) is 5.38. The highest BCUT2D eigenvalue weighted by atomic mass is 16.5. The van der Waals surface area contributed by atoms with Gasteiger partial charge in [0.05, 0.1) is 18.8 Å². The average Bonchev–Trinajstić information content (AvgIpc) is 2.92. The predicted molar refractivity (Wildman–Crippen MR) is 69.7 cm³/mol. The monoisotopic (exact) mass is 261 g/mol. The first-order valence-corrected chi connectivity index (χ1v) is 5.71. The fourth-order valence-electron chi connectivity index (χ4n) is 1.65. The van der Waals surface area contributed by atoms with Crippen molar-refractivity contribution in [1.29, 1.82) is 0 Å². The Bertz CT molecular complexity index is 568. The smallest absolute Gasteiger partial charge is 0.251 e. The summed E-state index contributed by atoms with van der Waals surface area (Å²) in [6, 6.07) is 4.61. The van der Waals surface area contributed by atoms with E-state index in [1.54, 1.807) is 18.2 Å². The molecular formula is C12H15N5O2. The van der Waals surface area contributed by atoms with Gasteiger partial charge in [0.1, 0.15) is 17.9 Å². The number of ether oxygens (including phenoxy) is 1. The number of nitrogen functional groups attached to an aromatic ring is 1. The van der Waals surface area contributed by atoms with E-state index in [2.05, 4.69) is 20.5 Å². The quantitative estimate of drug-likeness (QED) is 0.708. The van der Waals surface area contributed by atoms with Crippen molar-refractivity contribution in [1.82, 2.24) is 20.5 Å². The van der Waals surface area contributed by atoms with Crippen molar-refractivity contribution >= 4 is 11.6 Å². The molecule has 0 fully saturated rings. The number of nitrogens with one attached hydrogen (secondary N) is 2. The molecule has 1 amide bonds.